The van der Waals surface area contributed by atoms with E-state index in [9.17, 15) is 0 Å². The summed E-state index contributed by atoms with van der Waals surface area (Å²) in [6, 6.07) is 6.18. The number of aromatic nitrogens is 3. The van der Waals surface area contributed by atoms with Crippen molar-refractivity contribution in [2.75, 3.05) is 5.32 Å². The van der Waals surface area contributed by atoms with Gasteiger partial charge in [-0.05, 0) is 55.6 Å². The van der Waals surface area contributed by atoms with Crippen LogP contribution >= 0.6 is 27.5 Å². The zero-order valence-electron chi connectivity index (χ0n) is 12.0. The monoisotopic (exact) mass is 370 g/mol. The number of anilines is 2. The molecule has 0 radical (unpaired) electrons. The Morgan fingerprint density at radius 2 is 2.05 bits per heavy atom. The third-order valence-corrected chi connectivity index (χ3v) is 3.29. The number of hydrogen-bond donors (Lipinski definition) is 1. The zero-order chi connectivity index (χ0) is 15.4. The molecule has 0 spiro atoms. The first-order chi connectivity index (χ1) is 9.97. The summed E-state index contributed by atoms with van der Waals surface area (Å²) in [5.74, 6) is 0.364. The summed E-state index contributed by atoms with van der Waals surface area (Å²) in [6.45, 7) is 5.88. The van der Waals surface area contributed by atoms with Crippen LogP contribution < -0.4 is 10.1 Å². The minimum absolute atomic E-state index is 0.0322. The first-order valence-electron chi connectivity index (χ1n) is 6.61. The maximum absolute atomic E-state index is 5.91. The third kappa shape index (κ3) is 4.54. The lowest BCUT2D eigenvalue weighted by Crippen LogP contribution is -2.10. The van der Waals surface area contributed by atoms with Crippen LogP contribution in [0.15, 0.2) is 22.7 Å². The Morgan fingerprint density at radius 3 is 2.71 bits per heavy atom. The van der Waals surface area contributed by atoms with E-state index in [4.69, 9.17) is 16.3 Å². The maximum atomic E-state index is 5.91. The minimum Gasteiger partial charge on any atom is -0.461 e. The van der Waals surface area contributed by atoms with E-state index in [0.29, 0.717) is 5.95 Å². The van der Waals surface area contributed by atoms with Crippen molar-refractivity contribution in [2.24, 2.45) is 0 Å². The molecule has 0 aliphatic carbocycles. The average molecular weight is 372 g/mol. The van der Waals surface area contributed by atoms with Crippen molar-refractivity contribution < 1.29 is 4.74 Å². The van der Waals surface area contributed by atoms with E-state index < -0.39 is 0 Å². The topological polar surface area (TPSA) is 59.9 Å². The molecule has 0 atom stereocenters. The Balaban J connectivity index is 2.29. The maximum Gasteiger partial charge on any atom is 0.322 e. The van der Waals surface area contributed by atoms with Crippen LogP contribution in [0.3, 0.4) is 0 Å². The first-order valence-corrected chi connectivity index (χ1v) is 7.78. The molecular weight excluding hydrogens is 356 g/mol. The molecule has 2 aromatic rings. The standard InChI is InChI=1S/C14H16BrClN4O/c1-4-9-7-10(15)5-6-11(9)17-13-18-12(16)19-14(20-13)21-8(2)3/h5-8H,4H2,1-3H3,(H,17,18,19,20). The van der Waals surface area contributed by atoms with E-state index >= 15 is 0 Å². The Hall–Kier alpha value is -1.40. The SMILES string of the molecule is CCc1cc(Br)ccc1Nc1nc(Cl)nc(OC(C)C)n1. The molecule has 0 bridgehead atoms. The fourth-order valence-electron chi connectivity index (χ4n) is 1.75. The van der Waals surface area contributed by atoms with Gasteiger partial charge in [0.05, 0.1) is 6.10 Å². The second-order valence-electron chi connectivity index (χ2n) is 4.66. The minimum atomic E-state index is -0.0322. The lowest BCUT2D eigenvalue weighted by atomic mass is 10.1. The highest BCUT2D eigenvalue weighted by molar-refractivity contribution is 9.10. The van der Waals surface area contributed by atoms with Gasteiger partial charge in [0.15, 0.2) is 0 Å². The number of rotatable bonds is 5. The molecule has 0 aliphatic rings. The van der Waals surface area contributed by atoms with Crippen molar-refractivity contribution in [1.82, 2.24) is 15.0 Å². The molecule has 1 aromatic carbocycles. The van der Waals surface area contributed by atoms with Gasteiger partial charge in [-0.1, -0.05) is 22.9 Å². The van der Waals surface area contributed by atoms with Crippen LogP contribution in [0, 0.1) is 0 Å². The molecule has 1 aromatic heterocycles. The Bertz CT molecular complexity index is 636. The lowest BCUT2D eigenvalue weighted by molar-refractivity contribution is 0.222. The van der Waals surface area contributed by atoms with Crippen molar-refractivity contribution in [3.05, 3.63) is 33.5 Å². The van der Waals surface area contributed by atoms with Crippen molar-refractivity contribution in [3.63, 3.8) is 0 Å². The Kier molecular flexibility index (Phi) is 5.36. The number of ether oxygens (including phenoxy) is 1. The van der Waals surface area contributed by atoms with Crippen LogP contribution in [0.5, 0.6) is 6.01 Å². The largest absolute Gasteiger partial charge is 0.461 e. The van der Waals surface area contributed by atoms with Crippen LogP contribution in [0.2, 0.25) is 5.28 Å². The molecule has 21 heavy (non-hydrogen) atoms. The summed E-state index contributed by atoms with van der Waals surface area (Å²) < 4.78 is 6.48. The van der Waals surface area contributed by atoms with E-state index in [1.165, 1.54) is 0 Å². The van der Waals surface area contributed by atoms with Gasteiger partial charge in [-0.25, -0.2) is 0 Å². The molecular formula is C14H16BrClN4O. The van der Waals surface area contributed by atoms with E-state index in [1.807, 2.05) is 26.0 Å². The van der Waals surface area contributed by atoms with Crippen LogP contribution in [-0.2, 0) is 6.42 Å². The van der Waals surface area contributed by atoms with Gasteiger partial charge in [-0.2, -0.15) is 15.0 Å². The molecule has 0 saturated carbocycles. The number of halogens is 2. The fourth-order valence-corrected chi connectivity index (χ4v) is 2.31. The highest BCUT2D eigenvalue weighted by Gasteiger charge is 2.09. The number of nitrogens with one attached hydrogen (secondary N) is 1. The molecule has 0 aliphatic heterocycles. The molecule has 2 rings (SSSR count). The highest BCUT2D eigenvalue weighted by atomic mass is 79.9. The Morgan fingerprint density at radius 1 is 1.29 bits per heavy atom. The molecule has 7 heteroatoms. The lowest BCUT2D eigenvalue weighted by Gasteiger charge is -2.12. The van der Waals surface area contributed by atoms with Crippen LogP contribution in [0.1, 0.15) is 26.3 Å². The van der Waals surface area contributed by atoms with Gasteiger partial charge in [0.1, 0.15) is 0 Å². The number of benzene rings is 1. The van der Waals surface area contributed by atoms with Gasteiger partial charge in [0.2, 0.25) is 11.2 Å². The molecule has 5 nitrogen and oxygen atoms in total. The van der Waals surface area contributed by atoms with E-state index in [1.54, 1.807) is 0 Å². The van der Waals surface area contributed by atoms with Crippen molar-refractivity contribution in [1.29, 1.82) is 0 Å². The normalized spacial score (nSPS) is 10.8. The molecule has 112 valence electrons. The van der Waals surface area contributed by atoms with E-state index in [2.05, 4.69) is 49.2 Å². The van der Waals surface area contributed by atoms with Crippen LogP contribution in [-0.4, -0.2) is 21.1 Å². The number of aryl methyl sites for hydroxylation is 1. The second kappa shape index (κ2) is 7.04. The van der Waals surface area contributed by atoms with Gasteiger partial charge < -0.3 is 10.1 Å². The predicted molar refractivity (Wildman–Crippen MR) is 87.4 cm³/mol. The highest BCUT2D eigenvalue weighted by Crippen LogP contribution is 2.24. The number of nitrogens with zero attached hydrogens (tertiary/aromatic N) is 3. The average Bonchev–Trinajstić information content (AvgIpc) is 2.39. The molecule has 0 saturated heterocycles. The summed E-state index contributed by atoms with van der Waals surface area (Å²) >= 11 is 9.37. The summed E-state index contributed by atoms with van der Waals surface area (Å²) in [5, 5.41) is 3.25. The predicted octanol–water partition coefficient (Wildman–Crippen LogP) is 4.38. The summed E-state index contributed by atoms with van der Waals surface area (Å²) in [4.78, 5) is 12.2. The quantitative estimate of drug-likeness (QED) is 0.845. The van der Waals surface area contributed by atoms with Crippen LogP contribution in [0.25, 0.3) is 0 Å². The fraction of sp³-hybridized carbons (Fsp3) is 0.357. The molecule has 0 amide bonds. The Labute approximate surface area is 137 Å². The summed E-state index contributed by atoms with van der Waals surface area (Å²) in [6.07, 6.45) is 0.853. The van der Waals surface area contributed by atoms with E-state index in [0.717, 1.165) is 22.1 Å². The summed E-state index contributed by atoms with van der Waals surface area (Å²) in [7, 11) is 0. The second-order valence-corrected chi connectivity index (χ2v) is 5.91. The van der Waals surface area contributed by atoms with Crippen molar-refractivity contribution in [3.8, 4) is 6.01 Å². The van der Waals surface area contributed by atoms with Gasteiger partial charge in [0.25, 0.3) is 0 Å². The van der Waals surface area contributed by atoms with Gasteiger partial charge >= 0.3 is 6.01 Å². The third-order valence-electron chi connectivity index (χ3n) is 2.62. The molecule has 1 N–H and O–H groups in total. The van der Waals surface area contributed by atoms with Crippen molar-refractivity contribution >= 4 is 39.2 Å². The summed E-state index contributed by atoms with van der Waals surface area (Å²) in [5.41, 5.74) is 2.07. The smallest absolute Gasteiger partial charge is 0.322 e. The molecule has 0 fully saturated rings. The molecule has 1 heterocycles. The number of hydrogen-bond acceptors (Lipinski definition) is 5. The van der Waals surface area contributed by atoms with E-state index in [-0.39, 0.29) is 17.4 Å². The van der Waals surface area contributed by atoms with Crippen molar-refractivity contribution in [2.45, 2.75) is 33.3 Å². The first kappa shape index (κ1) is 16.0. The zero-order valence-corrected chi connectivity index (χ0v) is 14.4. The van der Waals surface area contributed by atoms with Gasteiger partial charge in [-0.3, -0.25) is 0 Å². The molecule has 0 unspecified atom stereocenters. The van der Waals surface area contributed by atoms with Crippen LogP contribution in [0.4, 0.5) is 11.6 Å². The van der Waals surface area contributed by atoms with Gasteiger partial charge in [-0.15, -0.1) is 0 Å². The van der Waals surface area contributed by atoms with Gasteiger partial charge in [0, 0.05) is 10.2 Å².